The monoisotopic (exact) mass is 348 g/mol. The topological polar surface area (TPSA) is 34.6 Å². The number of likely N-dealkylation sites (tertiary alicyclic amines) is 1. The molecule has 1 aliphatic rings. The van der Waals surface area contributed by atoms with E-state index in [0.717, 1.165) is 41.1 Å². The molecule has 0 aliphatic carbocycles. The van der Waals surface area contributed by atoms with Gasteiger partial charge in [0.1, 0.15) is 24.7 Å². The first kappa shape index (κ1) is 16.9. The zero-order chi connectivity index (χ0) is 17.6. The molecule has 134 valence electrons. The Bertz CT molecular complexity index is 842. The number of fused-ring (bicyclic) bond motifs is 1. The molecule has 4 rings (SSSR count). The number of para-hydroxylation sites is 1. The highest BCUT2D eigenvalue weighted by atomic mass is 16.5. The minimum absolute atomic E-state index is 0.507. The molecule has 3 aromatic rings. The van der Waals surface area contributed by atoms with Crippen LogP contribution in [0, 0.1) is 0 Å². The van der Waals surface area contributed by atoms with E-state index in [9.17, 15) is 0 Å². The lowest BCUT2D eigenvalue weighted by atomic mass is 10.2. The second kappa shape index (κ2) is 8.19. The second-order valence-electron chi connectivity index (χ2n) is 6.69. The van der Waals surface area contributed by atoms with Gasteiger partial charge in [0.2, 0.25) is 0 Å². The van der Waals surface area contributed by atoms with Gasteiger partial charge in [-0.2, -0.15) is 0 Å². The Morgan fingerprint density at radius 3 is 2.42 bits per heavy atom. The number of hydrogen-bond donors (Lipinski definition) is 0. The minimum Gasteiger partial charge on any atom is -0.492 e. The molecule has 0 bridgehead atoms. The largest absolute Gasteiger partial charge is 0.492 e. The fourth-order valence-corrected chi connectivity index (χ4v) is 3.29. The summed E-state index contributed by atoms with van der Waals surface area (Å²) in [5.41, 5.74) is 2.07. The summed E-state index contributed by atoms with van der Waals surface area (Å²) in [7, 11) is 0. The maximum atomic E-state index is 5.88. The van der Waals surface area contributed by atoms with E-state index in [-0.39, 0.29) is 0 Å². The van der Waals surface area contributed by atoms with E-state index in [1.54, 1.807) is 0 Å². The molecule has 1 aromatic heterocycles. The van der Waals surface area contributed by atoms with Gasteiger partial charge >= 0.3 is 0 Å². The van der Waals surface area contributed by atoms with Gasteiger partial charge < -0.3 is 9.47 Å². The van der Waals surface area contributed by atoms with Crippen molar-refractivity contribution in [3.63, 3.8) is 0 Å². The van der Waals surface area contributed by atoms with E-state index in [4.69, 9.17) is 9.47 Å². The number of nitrogens with zero attached hydrogens (tertiary/aromatic N) is 2. The molecule has 0 saturated carbocycles. The highest BCUT2D eigenvalue weighted by molar-refractivity contribution is 5.78. The Labute approximate surface area is 154 Å². The quantitative estimate of drug-likeness (QED) is 0.638. The van der Waals surface area contributed by atoms with Crippen molar-refractivity contribution < 1.29 is 9.47 Å². The van der Waals surface area contributed by atoms with E-state index < -0.39 is 0 Å². The lowest BCUT2D eigenvalue weighted by Crippen LogP contribution is -2.25. The van der Waals surface area contributed by atoms with E-state index >= 15 is 0 Å². The van der Waals surface area contributed by atoms with Crippen molar-refractivity contribution in [3.05, 3.63) is 66.4 Å². The molecule has 2 heterocycles. The number of ether oxygens (including phenoxy) is 2. The Kier molecular flexibility index (Phi) is 5.31. The van der Waals surface area contributed by atoms with Crippen LogP contribution < -0.4 is 9.47 Å². The standard InChI is InChI=1S/C22H24N2O2/c1-2-6-22-19(5-1)15-18(16-23-22)17-26-21-9-7-20(8-10-21)25-14-13-24-11-3-4-12-24/h1-2,5-10,15-16H,3-4,11-14,17H2. The molecule has 0 N–H and O–H groups in total. The van der Waals surface area contributed by atoms with Crippen LogP contribution in [0.4, 0.5) is 0 Å². The number of rotatable bonds is 7. The Hall–Kier alpha value is -2.59. The van der Waals surface area contributed by atoms with Crippen molar-refractivity contribution in [3.8, 4) is 11.5 Å². The fourth-order valence-electron chi connectivity index (χ4n) is 3.29. The van der Waals surface area contributed by atoms with E-state index in [1.807, 2.05) is 48.7 Å². The van der Waals surface area contributed by atoms with Crippen molar-refractivity contribution in [2.24, 2.45) is 0 Å². The minimum atomic E-state index is 0.507. The molecule has 0 spiro atoms. The normalized spacial score (nSPS) is 14.6. The van der Waals surface area contributed by atoms with Gasteiger partial charge in [-0.1, -0.05) is 18.2 Å². The van der Waals surface area contributed by atoms with E-state index in [1.165, 1.54) is 25.9 Å². The molecule has 0 radical (unpaired) electrons. The molecule has 26 heavy (non-hydrogen) atoms. The third-order valence-corrected chi connectivity index (χ3v) is 4.75. The number of benzene rings is 2. The first-order valence-corrected chi connectivity index (χ1v) is 9.28. The molecule has 0 unspecified atom stereocenters. The molecule has 1 saturated heterocycles. The summed E-state index contributed by atoms with van der Waals surface area (Å²) in [5.74, 6) is 1.73. The van der Waals surface area contributed by atoms with Crippen LogP contribution in [0.25, 0.3) is 10.9 Å². The van der Waals surface area contributed by atoms with Crippen LogP contribution in [0.3, 0.4) is 0 Å². The molecular formula is C22H24N2O2. The summed E-state index contributed by atoms with van der Waals surface area (Å²) in [6, 6.07) is 18.1. The third-order valence-electron chi connectivity index (χ3n) is 4.75. The molecule has 0 atom stereocenters. The van der Waals surface area contributed by atoms with Crippen LogP contribution in [0.1, 0.15) is 18.4 Å². The number of pyridine rings is 1. The summed E-state index contributed by atoms with van der Waals surface area (Å²) in [6.45, 7) is 4.67. The first-order chi connectivity index (χ1) is 12.9. The molecule has 4 heteroatoms. The molecule has 2 aromatic carbocycles. The lowest BCUT2D eigenvalue weighted by molar-refractivity contribution is 0.237. The van der Waals surface area contributed by atoms with Gasteiger partial charge in [0.15, 0.2) is 0 Å². The van der Waals surface area contributed by atoms with Crippen molar-refractivity contribution in [1.29, 1.82) is 0 Å². The van der Waals surface area contributed by atoms with Crippen LogP contribution in [-0.4, -0.2) is 36.1 Å². The van der Waals surface area contributed by atoms with Gasteiger partial charge in [0, 0.05) is 23.7 Å². The molecule has 0 amide bonds. The van der Waals surface area contributed by atoms with Crippen molar-refractivity contribution >= 4 is 10.9 Å². The average Bonchev–Trinajstić information content (AvgIpc) is 3.21. The highest BCUT2D eigenvalue weighted by Gasteiger charge is 2.10. The van der Waals surface area contributed by atoms with Crippen molar-refractivity contribution in [1.82, 2.24) is 9.88 Å². The highest BCUT2D eigenvalue weighted by Crippen LogP contribution is 2.20. The third kappa shape index (κ3) is 4.33. The first-order valence-electron chi connectivity index (χ1n) is 9.28. The smallest absolute Gasteiger partial charge is 0.120 e. The van der Waals surface area contributed by atoms with Gasteiger partial charge in [-0.05, 0) is 62.3 Å². The maximum absolute atomic E-state index is 5.88. The molecule has 4 nitrogen and oxygen atoms in total. The number of hydrogen-bond acceptors (Lipinski definition) is 4. The van der Waals surface area contributed by atoms with Gasteiger partial charge in [-0.15, -0.1) is 0 Å². The SMILES string of the molecule is c1ccc2ncc(COc3ccc(OCCN4CCCC4)cc3)cc2c1. The summed E-state index contributed by atoms with van der Waals surface area (Å²) < 4.78 is 11.7. The predicted molar refractivity (Wildman–Crippen MR) is 104 cm³/mol. The molecule has 1 aliphatic heterocycles. The maximum Gasteiger partial charge on any atom is 0.120 e. The van der Waals surface area contributed by atoms with Crippen LogP contribution in [0.2, 0.25) is 0 Å². The Morgan fingerprint density at radius 1 is 0.885 bits per heavy atom. The van der Waals surface area contributed by atoms with Crippen LogP contribution in [0.15, 0.2) is 60.8 Å². The lowest BCUT2D eigenvalue weighted by Gasteiger charge is -2.15. The average molecular weight is 348 g/mol. The predicted octanol–water partition coefficient (Wildman–Crippen LogP) is 4.29. The summed E-state index contributed by atoms with van der Waals surface area (Å²) in [4.78, 5) is 6.92. The van der Waals surface area contributed by atoms with Crippen LogP contribution in [0.5, 0.6) is 11.5 Å². The summed E-state index contributed by atoms with van der Waals surface area (Å²) in [6.07, 6.45) is 4.51. The van der Waals surface area contributed by atoms with Gasteiger partial charge in [-0.25, -0.2) is 0 Å². The second-order valence-corrected chi connectivity index (χ2v) is 6.69. The molecular weight excluding hydrogens is 324 g/mol. The van der Waals surface area contributed by atoms with E-state index in [2.05, 4.69) is 22.0 Å². The van der Waals surface area contributed by atoms with Crippen LogP contribution >= 0.6 is 0 Å². The Balaban J connectivity index is 1.27. The summed E-state index contributed by atoms with van der Waals surface area (Å²) in [5, 5.41) is 1.13. The zero-order valence-corrected chi connectivity index (χ0v) is 14.9. The molecule has 1 fully saturated rings. The fraction of sp³-hybridized carbons (Fsp3) is 0.318. The van der Waals surface area contributed by atoms with Gasteiger partial charge in [-0.3, -0.25) is 9.88 Å². The van der Waals surface area contributed by atoms with Crippen molar-refractivity contribution in [2.45, 2.75) is 19.4 Å². The summed E-state index contributed by atoms with van der Waals surface area (Å²) >= 11 is 0. The zero-order valence-electron chi connectivity index (χ0n) is 14.9. The van der Waals surface area contributed by atoms with Crippen LogP contribution in [-0.2, 0) is 6.61 Å². The Morgan fingerprint density at radius 2 is 1.62 bits per heavy atom. The van der Waals surface area contributed by atoms with Gasteiger partial charge in [0.25, 0.3) is 0 Å². The van der Waals surface area contributed by atoms with Crippen molar-refractivity contribution in [2.75, 3.05) is 26.2 Å². The van der Waals surface area contributed by atoms with E-state index in [0.29, 0.717) is 6.61 Å². The number of aromatic nitrogens is 1. The van der Waals surface area contributed by atoms with Gasteiger partial charge in [0.05, 0.1) is 5.52 Å².